The number of sulfonamides is 1. The van der Waals surface area contributed by atoms with Crippen LogP contribution in [0.2, 0.25) is 0 Å². The van der Waals surface area contributed by atoms with Gasteiger partial charge in [0.25, 0.3) is 15.7 Å². The van der Waals surface area contributed by atoms with Crippen molar-refractivity contribution in [2.24, 2.45) is 0 Å². The molecule has 1 N–H and O–H groups in total. The zero-order valence-corrected chi connectivity index (χ0v) is 15.0. The van der Waals surface area contributed by atoms with Crippen molar-refractivity contribution >= 4 is 27.4 Å². The number of rotatable bonds is 6. The van der Waals surface area contributed by atoms with Crippen molar-refractivity contribution in [1.29, 1.82) is 0 Å². The summed E-state index contributed by atoms with van der Waals surface area (Å²) >= 11 is 0. The topological polar surface area (TPSA) is 125 Å². The van der Waals surface area contributed by atoms with Gasteiger partial charge in [0, 0.05) is 12.1 Å². The predicted octanol–water partition coefficient (Wildman–Crippen LogP) is 2.50. The van der Waals surface area contributed by atoms with E-state index in [1.165, 1.54) is 44.4 Å². The second-order valence-electron chi connectivity index (χ2n) is 5.19. The largest absolute Gasteiger partial charge is 0.495 e. The molecule has 0 spiro atoms. The highest BCUT2D eigenvalue weighted by Crippen LogP contribution is 2.32. The maximum absolute atomic E-state index is 12.8. The van der Waals surface area contributed by atoms with Crippen molar-refractivity contribution in [2.75, 3.05) is 18.9 Å². The molecule has 138 valence electrons. The second kappa shape index (κ2) is 7.40. The van der Waals surface area contributed by atoms with E-state index in [1.54, 1.807) is 0 Å². The van der Waals surface area contributed by atoms with Crippen molar-refractivity contribution in [3.8, 4) is 5.75 Å². The lowest BCUT2D eigenvalue weighted by atomic mass is 10.1. The van der Waals surface area contributed by atoms with E-state index in [9.17, 15) is 23.3 Å². The molecule has 0 heterocycles. The number of hydrogen-bond acceptors (Lipinski definition) is 7. The third kappa shape index (κ3) is 3.75. The molecule has 0 atom stereocenters. The maximum atomic E-state index is 12.8. The number of esters is 1. The number of para-hydroxylation sites is 1. The molecule has 0 bridgehead atoms. The normalized spacial score (nSPS) is 10.9. The number of nitrogens with zero attached hydrogens (tertiary/aromatic N) is 1. The molecule has 2 rings (SSSR count). The monoisotopic (exact) mass is 380 g/mol. The molecule has 0 aliphatic carbocycles. The molecule has 0 saturated heterocycles. The summed E-state index contributed by atoms with van der Waals surface area (Å²) in [6, 6.07) is 7.82. The van der Waals surface area contributed by atoms with Crippen LogP contribution in [-0.4, -0.2) is 33.5 Å². The Labute approximate surface area is 149 Å². The summed E-state index contributed by atoms with van der Waals surface area (Å²) in [5.41, 5.74) is -0.243. The number of ether oxygens (including phenoxy) is 2. The molecule has 2 aromatic carbocycles. The summed E-state index contributed by atoms with van der Waals surface area (Å²) in [6.07, 6.45) is 0. The molecule has 9 nitrogen and oxygen atoms in total. The Morgan fingerprint density at radius 1 is 1.19 bits per heavy atom. The average Bonchev–Trinajstić information content (AvgIpc) is 2.60. The Morgan fingerprint density at radius 2 is 1.88 bits per heavy atom. The number of nitro benzene ring substituents is 1. The van der Waals surface area contributed by atoms with Gasteiger partial charge in [0.1, 0.15) is 11.4 Å². The van der Waals surface area contributed by atoms with E-state index in [4.69, 9.17) is 4.74 Å². The van der Waals surface area contributed by atoms with Gasteiger partial charge < -0.3 is 9.47 Å². The van der Waals surface area contributed by atoms with Crippen molar-refractivity contribution < 1.29 is 27.6 Å². The Hall–Kier alpha value is -3.14. The Bertz CT molecular complexity index is 971. The van der Waals surface area contributed by atoms with Gasteiger partial charge in [-0.1, -0.05) is 12.1 Å². The predicted molar refractivity (Wildman–Crippen MR) is 93.0 cm³/mol. The van der Waals surface area contributed by atoms with Crippen LogP contribution in [0, 0.1) is 17.0 Å². The SMILES string of the molecule is COC(=O)c1cccc(OC)c1NS(=O)(=O)c1cc([N+](=O)[O-])ccc1C. The zero-order chi connectivity index (χ0) is 19.5. The Balaban J connectivity index is 2.59. The highest BCUT2D eigenvalue weighted by molar-refractivity contribution is 7.92. The van der Waals surface area contributed by atoms with Crippen LogP contribution >= 0.6 is 0 Å². The van der Waals surface area contributed by atoms with Gasteiger partial charge in [0.15, 0.2) is 0 Å². The summed E-state index contributed by atoms with van der Waals surface area (Å²) in [6.45, 7) is 1.50. The number of carbonyl (C=O) groups is 1. The van der Waals surface area contributed by atoms with Crippen LogP contribution < -0.4 is 9.46 Å². The van der Waals surface area contributed by atoms with Crippen LogP contribution in [0.15, 0.2) is 41.3 Å². The minimum Gasteiger partial charge on any atom is -0.495 e. The number of nitro groups is 1. The fraction of sp³-hybridized carbons (Fsp3) is 0.188. The third-order valence-electron chi connectivity index (χ3n) is 3.56. The first-order valence-electron chi connectivity index (χ1n) is 7.24. The number of hydrogen-bond donors (Lipinski definition) is 1. The minimum atomic E-state index is -4.24. The van der Waals surface area contributed by atoms with Gasteiger partial charge in [0.05, 0.1) is 29.6 Å². The molecule has 10 heteroatoms. The van der Waals surface area contributed by atoms with Crippen molar-refractivity contribution in [3.05, 3.63) is 57.6 Å². The van der Waals surface area contributed by atoms with Gasteiger partial charge in [-0.2, -0.15) is 0 Å². The van der Waals surface area contributed by atoms with E-state index < -0.39 is 20.9 Å². The summed E-state index contributed by atoms with van der Waals surface area (Å²) in [7, 11) is -1.77. The number of non-ortho nitro benzene ring substituents is 1. The van der Waals surface area contributed by atoms with Crippen molar-refractivity contribution in [2.45, 2.75) is 11.8 Å². The van der Waals surface area contributed by atoms with E-state index >= 15 is 0 Å². The molecule has 26 heavy (non-hydrogen) atoms. The minimum absolute atomic E-state index is 0.0569. The highest BCUT2D eigenvalue weighted by atomic mass is 32.2. The van der Waals surface area contributed by atoms with E-state index in [0.717, 1.165) is 13.2 Å². The molecule has 0 aliphatic heterocycles. The lowest BCUT2D eigenvalue weighted by Crippen LogP contribution is -2.18. The molecular formula is C16H16N2O7S. The smallest absolute Gasteiger partial charge is 0.340 e. The van der Waals surface area contributed by atoms with Crippen molar-refractivity contribution in [3.63, 3.8) is 0 Å². The lowest BCUT2D eigenvalue weighted by Gasteiger charge is -2.15. The van der Waals surface area contributed by atoms with Gasteiger partial charge in [0.2, 0.25) is 0 Å². The molecular weight excluding hydrogens is 364 g/mol. The number of methoxy groups -OCH3 is 2. The van der Waals surface area contributed by atoms with Gasteiger partial charge in [-0.25, -0.2) is 13.2 Å². The first kappa shape index (κ1) is 19.2. The number of aryl methyl sites for hydroxylation is 1. The number of anilines is 1. The van der Waals surface area contributed by atoms with E-state index in [2.05, 4.69) is 9.46 Å². The Kier molecular flexibility index (Phi) is 5.46. The van der Waals surface area contributed by atoms with Gasteiger partial charge >= 0.3 is 5.97 Å². The van der Waals surface area contributed by atoms with Crippen LogP contribution in [0.25, 0.3) is 0 Å². The molecule has 0 unspecified atom stereocenters. The zero-order valence-electron chi connectivity index (χ0n) is 14.2. The third-order valence-corrected chi connectivity index (χ3v) is 5.05. The average molecular weight is 380 g/mol. The summed E-state index contributed by atoms with van der Waals surface area (Å²) in [4.78, 5) is 21.9. The molecule has 0 saturated carbocycles. The number of carbonyl (C=O) groups excluding carboxylic acids is 1. The molecule has 0 aliphatic rings. The molecule has 0 radical (unpaired) electrons. The van der Waals surface area contributed by atoms with Gasteiger partial charge in [-0.15, -0.1) is 0 Å². The molecule has 0 amide bonds. The standard InChI is InChI=1S/C16H16N2O7S/c1-10-7-8-11(18(20)21)9-14(10)26(22,23)17-15-12(16(19)25-3)5-4-6-13(15)24-2/h4-9,17H,1-3H3. The van der Waals surface area contributed by atoms with Crippen LogP contribution in [0.1, 0.15) is 15.9 Å². The van der Waals surface area contributed by atoms with Crippen LogP contribution in [0.5, 0.6) is 5.75 Å². The summed E-state index contributed by atoms with van der Waals surface area (Å²) in [5.74, 6) is -0.670. The lowest BCUT2D eigenvalue weighted by molar-refractivity contribution is -0.385. The van der Waals surface area contributed by atoms with E-state index in [0.29, 0.717) is 5.56 Å². The fourth-order valence-electron chi connectivity index (χ4n) is 2.27. The highest BCUT2D eigenvalue weighted by Gasteiger charge is 2.25. The van der Waals surface area contributed by atoms with Gasteiger partial charge in [-0.3, -0.25) is 14.8 Å². The van der Waals surface area contributed by atoms with Crippen LogP contribution in [0.4, 0.5) is 11.4 Å². The quantitative estimate of drug-likeness (QED) is 0.464. The molecule has 0 fully saturated rings. The van der Waals surface area contributed by atoms with E-state index in [-0.39, 0.29) is 27.6 Å². The second-order valence-corrected chi connectivity index (χ2v) is 6.84. The number of benzene rings is 2. The first-order chi connectivity index (χ1) is 12.2. The van der Waals surface area contributed by atoms with E-state index in [1.807, 2.05) is 0 Å². The van der Waals surface area contributed by atoms with Gasteiger partial charge in [-0.05, 0) is 24.6 Å². The fourth-order valence-corrected chi connectivity index (χ4v) is 3.62. The Morgan fingerprint density at radius 3 is 2.46 bits per heavy atom. The number of nitrogens with one attached hydrogen (secondary N) is 1. The summed E-state index contributed by atoms with van der Waals surface area (Å²) < 4.78 is 37.6. The molecule has 2 aromatic rings. The van der Waals surface area contributed by atoms with Crippen LogP contribution in [0.3, 0.4) is 0 Å². The first-order valence-corrected chi connectivity index (χ1v) is 8.72. The summed E-state index contributed by atoms with van der Waals surface area (Å²) in [5, 5.41) is 10.9. The molecule has 0 aromatic heterocycles. The van der Waals surface area contributed by atoms with Crippen molar-refractivity contribution in [1.82, 2.24) is 0 Å². The maximum Gasteiger partial charge on any atom is 0.340 e. The van der Waals surface area contributed by atoms with Crippen LogP contribution in [-0.2, 0) is 14.8 Å².